The van der Waals surface area contributed by atoms with Crippen molar-refractivity contribution in [1.82, 2.24) is 19.5 Å². The van der Waals surface area contributed by atoms with Crippen LogP contribution in [0, 0.1) is 5.82 Å². The van der Waals surface area contributed by atoms with Gasteiger partial charge < -0.3 is 9.64 Å². The molecule has 146 valence electrons. The van der Waals surface area contributed by atoms with Crippen LogP contribution in [0.25, 0.3) is 11.4 Å². The normalized spacial score (nSPS) is 13.0. The summed E-state index contributed by atoms with van der Waals surface area (Å²) in [6, 6.07) is 10.1. The highest BCUT2D eigenvalue weighted by Crippen LogP contribution is 2.19. The summed E-state index contributed by atoms with van der Waals surface area (Å²) in [5.41, 5.74) is 2.02. The molecule has 0 bridgehead atoms. The van der Waals surface area contributed by atoms with Crippen LogP contribution in [0.1, 0.15) is 12.8 Å². The summed E-state index contributed by atoms with van der Waals surface area (Å²) in [5.74, 6) is -0.155. The Morgan fingerprint density at radius 1 is 1.07 bits per heavy atom. The minimum absolute atomic E-state index is 0.155. The van der Waals surface area contributed by atoms with Gasteiger partial charge in [-0.05, 0) is 43.2 Å². The molecule has 0 saturated carbocycles. The smallest absolute Gasteiger partial charge is 0.299 e. The fraction of sp³-hybridized carbons (Fsp3) is 0.300. The van der Waals surface area contributed by atoms with Crippen molar-refractivity contribution in [3.8, 4) is 17.4 Å². The molecule has 0 spiro atoms. The van der Waals surface area contributed by atoms with E-state index in [2.05, 4.69) is 19.9 Å². The van der Waals surface area contributed by atoms with E-state index >= 15 is 0 Å². The number of hydrogen-bond acceptors (Lipinski definition) is 6. The second-order valence-electron chi connectivity index (χ2n) is 6.29. The highest BCUT2D eigenvalue weighted by molar-refractivity contribution is 5.52. The summed E-state index contributed by atoms with van der Waals surface area (Å²) < 4.78 is 18.9. The van der Waals surface area contributed by atoms with E-state index in [-0.39, 0.29) is 17.4 Å². The van der Waals surface area contributed by atoms with E-state index in [0.29, 0.717) is 11.4 Å². The predicted molar refractivity (Wildman–Crippen MR) is 105 cm³/mol. The molecule has 0 unspecified atom stereocenters. The molecule has 7 nitrogen and oxygen atoms in total. The Bertz CT molecular complexity index is 955. The van der Waals surface area contributed by atoms with Crippen molar-refractivity contribution in [2.24, 2.45) is 7.05 Å². The maximum absolute atomic E-state index is 12.6. The maximum atomic E-state index is 12.6. The molecule has 1 saturated heterocycles. The number of benzene rings is 1. The standard InChI is InChI=1S/C10H12FN.C10H10N4O2/c11-9-3-5-10(6-4-9)12-7-1-2-8-12;1-14-9(15)5-8(13-10(14)16-2)7-3-4-11-6-12-7/h3-6H,1-2,7-8H2;3-6H,1-2H3. The molecule has 3 heterocycles. The summed E-state index contributed by atoms with van der Waals surface area (Å²) in [5, 5.41) is 0. The molecule has 1 aliphatic heterocycles. The van der Waals surface area contributed by atoms with Crippen LogP contribution >= 0.6 is 0 Å². The summed E-state index contributed by atoms with van der Waals surface area (Å²) in [7, 11) is 3.06. The molecule has 28 heavy (non-hydrogen) atoms. The van der Waals surface area contributed by atoms with Gasteiger partial charge in [-0.2, -0.15) is 4.98 Å². The zero-order chi connectivity index (χ0) is 19.9. The minimum Gasteiger partial charge on any atom is -0.468 e. The Balaban J connectivity index is 0.000000167. The fourth-order valence-electron chi connectivity index (χ4n) is 2.90. The van der Waals surface area contributed by atoms with Crippen LogP contribution in [-0.4, -0.2) is 39.7 Å². The van der Waals surface area contributed by atoms with Crippen LogP contribution in [0.2, 0.25) is 0 Å². The van der Waals surface area contributed by atoms with Crippen molar-refractivity contribution < 1.29 is 9.13 Å². The van der Waals surface area contributed by atoms with Crippen LogP contribution in [0.15, 0.2) is 53.7 Å². The van der Waals surface area contributed by atoms with Gasteiger partial charge in [0.1, 0.15) is 12.1 Å². The molecular formula is C20H22FN5O2. The quantitative estimate of drug-likeness (QED) is 0.692. The van der Waals surface area contributed by atoms with Gasteiger partial charge in [-0.1, -0.05) is 0 Å². The van der Waals surface area contributed by atoms with Crippen molar-refractivity contribution in [2.75, 3.05) is 25.1 Å². The lowest BCUT2D eigenvalue weighted by molar-refractivity contribution is 0.357. The third-order valence-corrected chi connectivity index (χ3v) is 4.42. The Morgan fingerprint density at radius 2 is 1.79 bits per heavy atom. The third-order valence-electron chi connectivity index (χ3n) is 4.42. The highest BCUT2D eigenvalue weighted by Gasteiger charge is 2.11. The number of nitrogens with zero attached hydrogens (tertiary/aromatic N) is 5. The van der Waals surface area contributed by atoms with E-state index in [1.165, 1.54) is 49.0 Å². The molecule has 0 aliphatic carbocycles. The van der Waals surface area contributed by atoms with E-state index in [4.69, 9.17) is 4.74 Å². The van der Waals surface area contributed by atoms with Crippen molar-refractivity contribution >= 4 is 5.69 Å². The van der Waals surface area contributed by atoms with Crippen molar-refractivity contribution in [1.29, 1.82) is 0 Å². The lowest BCUT2D eigenvalue weighted by atomic mass is 10.3. The van der Waals surface area contributed by atoms with Crippen LogP contribution in [-0.2, 0) is 7.05 Å². The second-order valence-corrected chi connectivity index (χ2v) is 6.29. The van der Waals surface area contributed by atoms with Crippen molar-refractivity contribution in [3.63, 3.8) is 0 Å². The van der Waals surface area contributed by atoms with Gasteiger partial charge in [-0.15, -0.1) is 0 Å². The number of anilines is 1. The number of methoxy groups -OCH3 is 1. The third kappa shape index (κ3) is 4.70. The van der Waals surface area contributed by atoms with Crippen LogP contribution in [0.5, 0.6) is 6.01 Å². The zero-order valence-electron chi connectivity index (χ0n) is 15.9. The molecule has 4 rings (SSSR count). The molecule has 8 heteroatoms. The zero-order valence-corrected chi connectivity index (χ0v) is 15.9. The maximum Gasteiger partial charge on any atom is 0.299 e. The number of rotatable bonds is 3. The van der Waals surface area contributed by atoms with Gasteiger partial charge in [0.15, 0.2) is 0 Å². The van der Waals surface area contributed by atoms with Gasteiger partial charge in [-0.25, -0.2) is 14.4 Å². The molecule has 1 aromatic carbocycles. The lowest BCUT2D eigenvalue weighted by Crippen LogP contribution is -2.19. The van der Waals surface area contributed by atoms with Gasteiger partial charge in [0.2, 0.25) is 0 Å². The first-order valence-electron chi connectivity index (χ1n) is 8.97. The molecule has 0 amide bonds. The van der Waals surface area contributed by atoms with Crippen LogP contribution in [0.3, 0.4) is 0 Å². The number of halogens is 1. The van der Waals surface area contributed by atoms with Gasteiger partial charge >= 0.3 is 0 Å². The average Bonchev–Trinajstić information content (AvgIpc) is 3.26. The van der Waals surface area contributed by atoms with Crippen molar-refractivity contribution in [2.45, 2.75) is 12.8 Å². The topological polar surface area (TPSA) is 73.1 Å². The van der Waals surface area contributed by atoms with Crippen LogP contribution < -0.4 is 15.2 Å². The van der Waals surface area contributed by atoms with Crippen molar-refractivity contribution in [3.05, 3.63) is 65.1 Å². The van der Waals surface area contributed by atoms with E-state index in [1.807, 2.05) is 12.1 Å². The van der Waals surface area contributed by atoms with E-state index in [9.17, 15) is 9.18 Å². The van der Waals surface area contributed by atoms with E-state index in [0.717, 1.165) is 18.8 Å². The second kappa shape index (κ2) is 9.07. The van der Waals surface area contributed by atoms with Gasteiger partial charge in [-0.3, -0.25) is 9.36 Å². The average molecular weight is 383 g/mol. The summed E-state index contributed by atoms with van der Waals surface area (Å²) >= 11 is 0. The molecule has 2 aromatic heterocycles. The SMILES string of the molecule is COc1nc(-c2ccncn2)cc(=O)n1C.Fc1ccc(N2CCCC2)cc1. The van der Waals surface area contributed by atoms with E-state index < -0.39 is 0 Å². The van der Waals surface area contributed by atoms with Gasteiger partial charge in [0.25, 0.3) is 11.6 Å². The molecule has 0 atom stereocenters. The fourth-order valence-corrected chi connectivity index (χ4v) is 2.90. The number of hydrogen-bond donors (Lipinski definition) is 0. The highest BCUT2D eigenvalue weighted by atomic mass is 19.1. The Kier molecular flexibility index (Phi) is 6.31. The van der Waals surface area contributed by atoms with Crippen LogP contribution in [0.4, 0.5) is 10.1 Å². The Morgan fingerprint density at radius 3 is 2.39 bits per heavy atom. The Hall–Kier alpha value is -3.29. The molecule has 1 fully saturated rings. The summed E-state index contributed by atoms with van der Waals surface area (Å²) in [6.07, 6.45) is 5.52. The number of ether oxygens (including phenoxy) is 1. The monoisotopic (exact) mass is 383 g/mol. The first-order valence-corrected chi connectivity index (χ1v) is 8.97. The first-order chi connectivity index (χ1) is 13.6. The summed E-state index contributed by atoms with van der Waals surface area (Å²) in [6.45, 7) is 2.23. The molecule has 0 N–H and O–H groups in total. The largest absolute Gasteiger partial charge is 0.468 e. The number of aromatic nitrogens is 4. The molecular weight excluding hydrogens is 361 g/mol. The minimum atomic E-state index is -0.194. The Labute approximate surface area is 162 Å². The summed E-state index contributed by atoms with van der Waals surface area (Å²) in [4.78, 5) is 25.9. The molecule has 3 aromatic rings. The van der Waals surface area contributed by atoms with E-state index in [1.54, 1.807) is 19.3 Å². The lowest BCUT2D eigenvalue weighted by Gasteiger charge is -2.16. The first kappa shape index (κ1) is 19.5. The molecule has 0 radical (unpaired) electrons. The predicted octanol–water partition coefficient (Wildman–Crippen LogP) is 2.67. The van der Waals surface area contributed by atoms with Gasteiger partial charge in [0, 0.05) is 38.1 Å². The van der Waals surface area contributed by atoms with Gasteiger partial charge in [0.05, 0.1) is 18.5 Å². The molecule has 1 aliphatic rings.